The molecule has 7 nitrogen and oxygen atoms in total. The number of benzene rings is 1. The highest BCUT2D eigenvalue weighted by atomic mass is 32.2. The Balaban J connectivity index is 1.95. The molecule has 3 rings (SSSR count). The van der Waals surface area contributed by atoms with Gasteiger partial charge in [-0.3, -0.25) is 0 Å². The van der Waals surface area contributed by atoms with Gasteiger partial charge in [0, 0.05) is 13.0 Å². The summed E-state index contributed by atoms with van der Waals surface area (Å²) in [6.07, 6.45) is 0.132. The predicted octanol–water partition coefficient (Wildman–Crippen LogP) is 0.338. The van der Waals surface area contributed by atoms with Crippen LogP contribution in [0, 0.1) is 0 Å². The fraction of sp³-hybridized carbons (Fsp3) is 0.333. The van der Waals surface area contributed by atoms with Crippen LogP contribution in [0.1, 0.15) is 6.42 Å². The first-order valence-electron chi connectivity index (χ1n) is 6.06. The van der Waals surface area contributed by atoms with Crippen molar-refractivity contribution < 1.29 is 23.1 Å². The Morgan fingerprint density at radius 3 is 2.45 bits per heavy atom. The van der Waals surface area contributed by atoms with Crippen LogP contribution in [0.4, 0.5) is 4.79 Å². The highest BCUT2D eigenvalue weighted by Crippen LogP contribution is 2.35. The van der Waals surface area contributed by atoms with Crippen molar-refractivity contribution in [3.05, 3.63) is 30.3 Å². The average Bonchev–Trinajstić information content (AvgIpc) is 2.97. The summed E-state index contributed by atoms with van der Waals surface area (Å²) >= 11 is 0. The summed E-state index contributed by atoms with van der Waals surface area (Å²) in [5.41, 5.74) is 0. The molecule has 0 spiro atoms. The zero-order valence-corrected chi connectivity index (χ0v) is 11.2. The lowest BCUT2D eigenvalue weighted by atomic mass is 10.1. The zero-order chi connectivity index (χ0) is 14.5. The van der Waals surface area contributed by atoms with Crippen LogP contribution in [0.5, 0.6) is 0 Å². The molecule has 2 bridgehead atoms. The fourth-order valence-corrected chi connectivity index (χ4v) is 4.30. The van der Waals surface area contributed by atoms with E-state index in [1.54, 1.807) is 18.2 Å². The number of amides is 2. The van der Waals surface area contributed by atoms with Crippen molar-refractivity contribution in [1.29, 1.82) is 0 Å². The normalized spacial score (nSPS) is 25.3. The van der Waals surface area contributed by atoms with Crippen molar-refractivity contribution in [2.24, 2.45) is 0 Å². The minimum atomic E-state index is -3.92. The number of carboxylic acids is 1. The van der Waals surface area contributed by atoms with Crippen LogP contribution in [0.2, 0.25) is 0 Å². The van der Waals surface area contributed by atoms with E-state index < -0.39 is 34.1 Å². The first-order chi connectivity index (χ1) is 9.43. The molecule has 0 unspecified atom stereocenters. The summed E-state index contributed by atoms with van der Waals surface area (Å²) in [7, 11) is -3.92. The van der Waals surface area contributed by atoms with Gasteiger partial charge in [-0.05, 0) is 12.1 Å². The second-order valence-electron chi connectivity index (χ2n) is 4.79. The number of sulfonamides is 1. The molecule has 0 radical (unpaired) electrons. The van der Waals surface area contributed by atoms with Gasteiger partial charge in [0.2, 0.25) is 0 Å². The van der Waals surface area contributed by atoms with E-state index in [4.69, 9.17) is 5.11 Å². The molecule has 2 amide bonds. The third-order valence-corrected chi connectivity index (χ3v) is 5.47. The number of aliphatic carboxylic acids is 1. The van der Waals surface area contributed by atoms with E-state index in [1.807, 2.05) is 0 Å². The second kappa shape index (κ2) is 4.20. The number of carbonyl (C=O) groups is 2. The van der Waals surface area contributed by atoms with E-state index in [-0.39, 0.29) is 17.9 Å². The minimum Gasteiger partial charge on any atom is -0.480 e. The Hall–Kier alpha value is -2.09. The third-order valence-electron chi connectivity index (χ3n) is 3.63. The molecule has 0 aromatic heterocycles. The molecule has 1 N–H and O–H groups in total. The SMILES string of the molecule is O=C(O)[C@H]1C[C@@H]2CN1C(=O)N2S(=O)(=O)c1ccccc1. The monoisotopic (exact) mass is 296 g/mol. The lowest BCUT2D eigenvalue weighted by molar-refractivity contribution is -0.141. The number of nitrogens with zero attached hydrogens (tertiary/aromatic N) is 2. The lowest BCUT2D eigenvalue weighted by Crippen LogP contribution is -2.50. The van der Waals surface area contributed by atoms with Gasteiger partial charge in [-0.15, -0.1) is 0 Å². The molecule has 1 aromatic rings. The molecule has 2 atom stereocenters. The van der Waals surface area contributed by atoms with E-state index in [2.05, 4.69) is 0 Å². The molecule has 2 fully saturated rings. The molecule has 1 aromatic carbocycles. The van der Waals surface area contributed by atoms with E-state index in [0.29, 0.717) is 0 Å². The Morgan fingerprint density at radius 2 is 1.90 bits per heavy atom. The summed E-state index contributed by atoms with van der Waals surface area (Å²) in [4.78, 5) is 24.3. The first kappa shape index (κ1) is 12.9. The Kier molecular flexibility index (Phi) is 2.72. The Morgan fingerprint density at radius 1 is 1.25 bits per heavy atom. The minimum absolute atomic E-state index is 0.0361. The van der Waals surface area contributed by atoms with Gasteiger partial charge < -0.3 is 10.0 Å². The maximum absolute atomic E-state index is 12.4. The zero-order valence-electron chi connectivity index (χ0n) is 10.3. The van der Waals surface area contributed by atoms with Crippen LogP contribution in [0.15, 0.2) is 35.2 Å². The molecule has 2 aliphatic heterocycles. The fourth-order valence-electron chi connectivity index (χ4n) is 2.72. The van der Waals surface area contributed by atoms with E-state index in [0.717, 1.165) is 9.21 Å². The first-order valence-corrected chi connectivity index (χ1v) is 7.50. The number of urea groups is 1. The van der Waals surface area contributed by atoms with Crippen molar-refractivity contribution in [3.63, 3.8) is 0 Å². The summed E-state index contributed by atoms with van der Waals surface area (Å²) in [5, 5.41) is 9.00. The number of rotatable bonds is 3. The quantitative estimate of drug-likeness (QED) is 0.867. The molecular formula is C12H12N2O5S. The average molecular weight is 296 g/mol. The van der Waals surface area contributed by atoms with Crippen molar-refractivity contribution in [2.75, 3.05) is 6.54 Å². The molecular weight excluding hydrogens is 284 g/mol. The molecule has 8 heteroatoms. The van der Waals surface area contributed by atoms with Crippen LogP contribution < -0.4 is 0 Å². The lowest BCUT2D eigenvalue weighted by Gasteiger charge is -2.29. The van der Waals surface area contributed by atoms with E-state index in [1.165, 1.54) is 12.1 Å². The Labute approximate surface area is 115 Å². The van der Waals surface area contributed by atoms with Gasteiger partial charge in [0.1, 0.15) is 6.04 Å². The summed E-state index contributed by atoms with van der Waals surface area (Å²) in [5.74, 6) is -1.10. The molecule has 20 heavy (non-hydrogen) atoms. The maximum atomic E-state index is 12.4. The van der Waals surface area contributed by atoms with E-state index in [9.17, 15) is 18.0 Å². The number of fused-ring (bicyclic) bond motifs is 2. The second-order valence-corrected chi connectivity index (χ2v) is 6.61. The number of hydrogen-bond donors (Lipinski definition) is 1. The van der Waals surface area contributed by atoms with Gasteiger partial charge in [0.25, 0.3) is 10.0 Å². The Bertz CT molecular complexity index is 672. The topological polar surface area (TPSA) is 95.0 Å². The van der Waals surface area contributed by atoms with Gasteiger partial charge >= 0.3 is 12.0 Å². The maximum Gasteiger partial charge on any atom is 0.335 e. The summed E-state index contributed by atoms with van der Waals surface area (Å²) in [6.45, 7) is 0.141. The van der Waals surface area contributed by atoms with Crippen molar-refractivity contribution in [2.45, 2.75) is 23.4 Å². The predicted molar refractivity (Wildman–Crippen MR) is 67.4 cm³/mol. The molecule has 0 aliphatic carbocycles. The van der Waals surface area contributed by atoms with Crippen LogP contribution in [-0.4, -0.2) is 53.4 Å². The van der Waals surface area contributed by atoms with Crippen LogP contribution in [0.3, 0.4) is 0 Å². The smallest absolute Gasteiger partial charge is 0.335 e. The van der Waals surface area contributed by atoms with Crippen molar-refractivity contribution in [3.8, 4) is 0 Å². The molecule has 106 valence electrons. The number of hydrogen-bond acceptors (Lipinski definition) is 4. The van der Waals surface area contributed by atoms with Crippen LogP contribution in [-0.2, 0) is 14.8 Å². The van der Waals surface area contributed by atoms with Crippen LogP contribution >= 0.6 is 0 Å². The number of carbonyl (C=O) groups excluding carboxylic acids is 1. The highest BCUT2D eigenvalue weighted by molar-refractivity contribution is 7.89. The van der Waals surface area contributed by atoms with Gasteiger partial charge in [0.05, 0.1) is 10.9 Å². The van der Waals surface area contributed by atoms with Gasteiger partial charge in [-0.1, -0.05) is 18.2 Å². The third kappa shape index (κ3) is 1.68. The van der Waals surface area contributed by atoms with Gasteiger partial charge in [-0.25, -0.2) is 22.3 Å². The van der Waals surface area contributed by atoms with Crippen molar-refractivity contribution in [1.82, 2.24) is 9.21 Å². The molecule has 2 saturated heterocycles. The summed E-state index contributed by atoms with van der Waals surface area (Å²) < 4.78 is 25.7. The molecule has 0 saturated carbocycles. The summed E-state index contributed by atoms with van der Waals surface area (Å²) in [6, 6.07) is 5.39. The highest BCUT2D eigenvalue weighted by Gasteiger charge is 2.55. The van der Waals surface area contributed by atoms with E-state index >= 15 is 0 Å². The largest absolute Gasteiger partial charge is 0.480 e. The standard InChI is InChI=1S/C12H12N2O5S/c15-11(16)10-6-8-7-13(10)12(17)14(8)20(18,19)9-4-2-1-3-5-9/h1-5,8,10H,6-7H2,(H,15,16)/t8-,10-/m1/s1. The van der Waals surface area contributed by atoms with Gasteiger partial charge in [0.15, 0.2) is 0 Å². The molecule has 2 heterocycles. The number of carboxylic acid groups (broad SMARTS) is 1. The molecule has 2 aliphatic rings. The van der Waals surface area contributed by atoms with Crippen molar-refractivity contribution >= 4 is 22.0 Å². The van der Waals surface area contributed by atoms with Gasteiger partial charge in [-0.2, -0.15) is 0 Å². The van der Waals surface area contributed by atoms with Crippen LogP contribution in [0.25, 0.3) is 0 Å².